The quantitative estimate of drug-likeness (QED) is 0.788. The second kappa shape index (κ2) is 8.56. The maximum atomic E-state index is 11.9. The number of hydrogen-bond donors (Lipinski definition) is 1. The molecule has 0 saturated heterocycles. The Morgan fingerprint density at radius 1 is 1.30 bits per heavy atom. The summed E-state index contributed by atoms with van der Waals surface area (Å²) in [4.78, 5) is 18.5. The van der Waals surface area contributed by atoms with E-state index in [0.717, 1.165) is 37.4 Å². The molecule has 0 radical (unpaired) electrons. The van der Waals surface area contributed by atoms with Crippen molar-refractivity contribution in [1.29, 1.82) is 0 Å². The molecular formula is C16H27N3O. The zero-order valence-corrected chi connectivity index (χ0v) is 13.1. The van der Waals surface area contributed by atoms with Gasteiger partial charge in [-0.3, -0.25) is 4.79 Å². The summed E-state index contributed by atoms with van der Waals surface area (Å²) in [5.41, 5.74) is 0.773. The van der Waals surface area contributed by atoms with Crippen molar-refractivity contribution in [2.45, 2.75) is 47.0 Å². The van der Waals surface area contributed by atoms with E-state index >= 15 is 0 Å². The summed E-state index contributed by atoms with van der Waals surface area (Å²) < 4.78 is 0. The molecule has 0 bridgehead atoms. The molecule has 1 unspecified atom stereocenters. The highest BCUT2D eigenvalue weighted by molar-refractivity contribution is 5.90. The first-order valence-electron chi connectivity index (χ1n) is 7.61. The van der Waals surface area contributed by atoms with Crippen LogP contribution in [0.4, 0.5) is 11.5 Å². The van der Waals surface area contributed by atoms with Crippen molar-refractivity contribution in [3.63, 3.8) is 0 Å². The standard InChI is InChI=1S/C16H27N3O/c1-5-8-13(4)11-16(20)18-14-9-10-15(17-12-14)19(6-2)7-3/h9-10,12-13H,5-8,11H2,1-4H3,(H,18,20). The molecule has 0 fully saturated rings. The highest BCUT2D eigenvalue weighted by Crippen LogP contribution is 2.15. The van der Waals surface area contributed by atoms with Gasteiger partial charge in [0.1, 0.15) is 5.82 Å². The number of nitrogens with zero attached hydrogens (tertiary/aromatic N) is 2. The number of aromatic nitrogens is 1. The van der Waals surface area contributed by atoms with E-state index in [1.807, 2.05) is 12.1 Å². The van der Waals surface area contributed by atoms with E-state index < -0.39 is 0 Å². The van der Waals surface area contributed by atoms with Crippen molar-refractivity contribution in [2.75, 3.05) is 23.3 Å². The van der Waals surface area contributed by atoms with Crippen molar-refractivity contribution in [2.24, 2.45) is 5.92 Å². The summed E-state index contributed by atoms with van der Waals surface area (Å²) in [7, 11) is 0. The Bertz CT molecular complexity index is 399. The molecule has 1 atom stereocenters. The van der Waals surface area contributed by atoms with Gasteiger partial charge in [-0.2, -0.15) is 0 Å². The molecule has 0 aliphatic rings. The third-order valence-electron chi connectivity index (χ3n) is 3.43. The Balaban J connectivity index is 2.54. The fraction of sp³-hybridized carbons (Fsp3) is 0.625. The van der Waals surface area contributed by atoms with E-state index in [0.29, 0.717) is 12.3 Å². The first kappa shape index (κ1) is 16.5. The number of nitrogens with one attached hydrogen (secondary N) is 1. The predicted octanol–water partition coefficient (Wildman–Crippen LogP) is 3.69. The number of pyridine rings is 1. The second-order valence-electron chi connectivity index (χ2n) is 5.22. The molecule has 20 heavy (non-hydrogen) atoms. The SMILES string of the molecule is CCCC(C)CC(=O)Nc1ccc(N(CC)CC)nc1. The van der Waals surface area contributed by atoms with Gasteiger partial charge in [-0.1, -0.05) is 26.7 Å². The molecule has 4 nitrogen and oxygen atoms in total. The lowest BCUT2D eigenvalue weighted by atomic mass is 10.0. The molecule has 1 amide bonds. The Morgan fingerprint density at radius 3 is 2.50 bits per heavy atom. The zero-order valence-electron chi connectivity index (χ0n) is 13.1. The number of anilines is 2. The van der Waals surface area contributed by atoms with Gasteiger partial charge in [0.15, 0.2) is 0 Å². The van der Waals surface area contributed by atoms with Crippen LogP contribution in [0.2, 0.25) is 0 Å². The molecule has 0 aromatic carbocycles. The van der Waals surface area contributed by atoms with Crippen LogP contribution in [0.15, 0.2) is 18.3 Å². The smallest absolute Gasteiger partial charge is 0.224 e. The summed E-state index contributed by atoms with van der Waals surface area (Å²) in [5, 5.41) is 2.91. The lowest BCUT2D eigenvalue weighted by Gasteiger charge is -2.19. The number of rotatable bonds is 8. The first-order chi connectivity index (χ1) is 9.60. The fourth-order valence-corrected chi connectivity index (χ4v) is 2.32. The average Bonchev–Trinajstić information content (AvgIpc) is 2.42. The fourth-order valence-electron chi connectivity index (χ4n) is 2.32. The van der Waals surface area contributed by atoms with Gasteiger partial charge < -0.3 is 10.2 Å². The molecule has 0 aliphatic carbocycles. The van der Waals surface area contributed by atoms with Crippen LogP contribution in [0.5, 0.6) is 0 Å². The predicted molar refractivity (Wildman–Crippen MR) is 85.1 cm³/mol. The van der Waals surface area contributed by atoms with Gasteiger partial charge in [0.2, 0.25) is 5.91 Å². The minimum absolute atomic E-state index is 0.0725. The summed E-state index contributed by atoms with van der Waals surface area (Å²) >= 11 is 0. The Kier molecular flexibility index (Phi) is 7.05. The van der Waals surface area contributed by atoms with Gasteiger partial charge in [0, 0.05) is 19.5 Å². The van der Waals surface area contributed by atoms with Crippen molar-refractivity contribution >= 4 is 17.4 Å². The normalized spacial score (nSPS) is 12.0. The highest BCUT2D eigenvalue weighted by atomic mass is 16.1. The monoisotopic (exact) mass is 277 g/mol. The topological polar surface area (TPSA) is 45.2 Å². The van der Waals surface area contributed by atoms with Gasteiger partial charge in [0.05, 0.1) is 11.9 Å². The Labute approximate surface area is 122 Å². The molecule has 1 N–H and O–H groups in total. The van der Waals surface area contributed by atoms with Gasteiger partial charge in [-0.15, -0.1) is 0 Å². The van der Waals surface area contributed by atoms with Crippen molar-refractivity contribution in [1.82, 2.24) is 4.98 Å². The maximum Gasteiger partial charge on any atom is 0.224 e. The van der Waals surface area contributed by atoms with Crippen LogP contribution < -0.4 is 10.2 Å². The molecule has 1 aromatic rings. The lowest BCUT2D eigenvalue weighted by molar-refractivity contribution is -0.117. The molecule has 1 aromatic heterocycles. The molecule has 0 spiro atoms. The minimum Gasteiger partial charge on any atom is -0.357 e. The minimum atomic E-state index is 0.0725. The van der Waals surface area contributed by atoms with E-state index in [-0.39, 0.29) is 5.91 Å². The molecule has 4 heteroatoms. The average molecular weight is 277 g/mol. The lowest BCUT2D eigenvalue weighted by Crippen LogP contribution is -2.23. The van der Waals surface area contributed by atoms with Gasteiger partial charge in [-0.05, 0) is 31.9 Å². The van der Waals surface area contributed by atoms with Crippen LogP contribution in [0.1, 0.15) is 47.0 Å². The van der Waals surface area contributed by atoms with Crippen LogP contribution in [0.25, 0.3) is 0 Å². The third-order valence-corrected chi connectivity index (χ3v) is 3.43. The van der Waals surface area contributed by atoms with E-state index in [9.17, 15) is 4.79 Å². The largest absolute Gasteiger partial charge is 0.357 e. The molecule has 1 rings (SSSR count). The van der Waals surface area contributed by atoms with Crippen LogP contribution in [-0.2, 0) is 4.79 Å². The number of carbonyl (C=O) groups excluding carboxylic acids is 1. The van der Waals surface area contributed by atoms with E-state index in [2.05, 4.69) is 42.9 Å². The second-order valence-corrected chi connectivity index (χ2v) is 5.22. The molecule has 1 heterocycles. The van der Waals surface area contributed by atoms with Crippen LogP contribution in [0.3, 0.4) is 0 Å². The van der Waals surface area contributed by atoms with E-state index in [4.69, 9.17) is 0 Å². The van der Waals surface area contributed by atoms with Crippen molar-refractivity contribution in [3.8, 4) is 0 Å². The first-order valence-corrected chi connectivity index (χ1v) is 7.61. The molecular weight excluding hydrogens is 250 g/mol. The van der Waals surface area contributed by atoms with Gasteiger partial charge >= 0.3 is 0 Å². The van der Waals surface area contributed by atoms with Crippen LogP contribution >= 0.6 is 0 Å². The van der Waals surface area contributed by atoms with Gasteiger partial charge in [-0.25, -0.2) is 4.98 Å². The number of carbonyl (C=O) groups is 1. The van der Waals surface area contributed by atoms with Gasteiger partial charge in [0.25, 0.3) is 0 Å². The molecule has 112 valence electrons. The highest BCUT2D eigenvalue weighted by Gasteiger charge is 2.09. The zero-order chi connectivity index (χ0) is 15.0. The van der Waals surface area contributed by atoms with E-state index in [1.165, 1.54) is 0 Å². The maximum absolute atomic E-state index is 11.9. The number of amides is 1. The summed E-state index contributed by atoms with van der Waals surface area (Å²) in [6, 6.07) is 3.88. The molecule has 0 aliphatic heterocycles. The number of hydrogen-bond acceptors (Lipinski definition) is 3. The molecule has 0 saturated carbocycles. The van der Waals surface area contributed by atoms with E-state index in [1.54, 1.807) is 6.20 Å². The summed E-state index contributed by atoms with van der Waals surface area (Å²) in [6.45, 7) is 10.3. The summed E-state index contributed by atoms with van der Waals surface area (Å²) in [6.07, 6.45) is 4.52. The Morgan fingerprint density at radius 2 is 2.00 bits per heavy atom. The van der Waals surface area contributed by atoms with Crippen molar-refractivity contribution < 1.29 is 4.79 Å². The third kappa shape index (κ3) is 5.19. The van der Waals surface area contributed by atoms with Crippen LogP contribution in [0, 0.1) is 5.92 Å². The van der Waals surface area contributed by atoms with Crippen molar-refractivity contribution in [3.05, 3.63) is 18.3 Å². The van der Waals surface area contributed by atoms with Crippen LogP contribution in [-0.4, -0.2) is 24.0 Å². The Hall–Kier alpha value is -1.58. The summed E-state index contributed by atoms with van der Waals surface area (Å²) in [5.74, 6) is 1.46.